The van der Waals surface area contributed by atoms with Crippen LogP contribution in [0.1, 0.15) is 42.5 Å². The molecule has 0 spiro atoms. The molecule has 116 valence electrons. The number of nitrogens with zero attached hydrogens (tertiary/aromatic N) is 1. The van der Waals surface area contributed by atoms with Crippen molar-refractivity contribution in [2.75, 3.05) is 13.2 Å². The normalized spacial score (nSPS) is 16.9. The van der Waals surface area contributed by atoms with Crippen LogP contribution >= 0.6 is 11.3 Å². The molecule has 1 fully saturated rings. The summed E-state index contributed by atoms with van der Waals surface area (Å²) in [6.45, 7) is 1.74. The minimum Gasteiger partial charge on any atom is -0.478 e. The topological polar surface area (TPSA) is 60.8 Å². The van der Waals surface area contributed by atoms with Crippen molar-refractivity contribution in [3.63, 3.8) is 0 Å². The molecule has 1 aliphatic carbocycles. The Labute approximate surface area is 129 Å². The fraction of sp³-hybridized carbons (Fsp3) is 0.562. The maximum Gasteiger partial charge on any atom is 0.328 e. The van der Waals surface area contributed by atoms with Gasteiger partial charge in [-0.2, -0.15) is 0 Å². The molecular weight excluding hydrogens is 286 g/mol. The van der Waals surface area contributed by atoms with Crippen molar-refractivity contribution in [2.24, 2.45) is 0 Å². The maximum atomic E-state index is 10.5. The third-order valence-electron chi connectivity index (χ3n) is 3.93. The molecule has 0 amide bonds. The van der Waals surface area contributed by atoms with E-state index < -0.39 is 5.97 Å². The van der Waals surface area contributed by atoms with Crippen LogP contribution in [0.3, 0.4) is 0 Å². The number of hydrogen-bond donors (Lipinski definition) is 2. The Morgan fingerprint density at radius 3 is 2.81 bits per heavy atom. The van der Waals surface area contributed by atoms with Gasteiger partial charge in [0.25, 0.3) is 0 Å². The molecule has 0 bridgehead atoms. The minimum atomic E-state index is -0.924. The largest absolute Gasteiger partial charge is 0.478 e. The van der Waals surface area contributed by atoms with E-state index in [-0.39, 0.29) is 6.61 Å². The van der Waals surface area contributed by atoms with Gasteiger partial charge in [-0.3, -0.25) is 4.90 Å². The molecule has 0 radical (unpaired) electrons. The summed E-state index contributed by atoms with van der Waals surface area (Å²) < 4.78 is 0. The smallest absolute Gasteiger partial charge is 0.328 e. The molecule has 0 aliphatic heterocycles. The summed E-state index contributed by atoms with van der Waals surface area (Å²) in [7, 11) is 0. The van der Waals surface area contributed by atoms with E-state index in [1.54, 1.807) is 17.4 Å². The van der Waals surface area contributed by atoms with E-state index in [0.717, 1.165) is 12.1 Å². The molecule has 2 N–H and O–H groups in total. The lowest BCUT2D eigenvalue weighted by Gasteiger charge is -2.33. The highest BCUT2D eigenvalue weighted by Crippen LogP contribution is 2.25. The molecule has 1 aromatic heterocycles. The number of rotatable bonds is 7. The first-order valence-corrected chi connectivity index (χ1v) is 8.40. The van der Waals surface area contributed by atoms with Crippen molar-refractivity contribution >= 4 is 23.4 Å². The first-order valence-electron chi connectivity index (χ1n) is 7.52. The highest BCUT2D eigenvalue weighted by molar-refractivity contribution is 7.10. The van der Waals surface area contributed by atoms with Gasteiger partial charge in [-0.25, -0.2) is 4.79 Å². The van der Waals surface area contributed by atoms with Gasteiger partial charge in [0.2, 0.25) is 0 Å². The minimum absolute atomic E-state index is 0.188. The molecule has 21 heavy (non-hydrogen) atoms. The number of carboxylic acids is 1. The third-order valence-corrected chi connectivity index (χ3v) is 4.87. The average molecular weight is 309 g/mol. The molecule has 1 saturated carbocycles. The first-order chi connectivity index (χ1) is 10.2. The van der Waals surface area contributed by atoms with Gasteiger partial charge in [0.05, 0.1) is 6.61 Å². The molecule has 4 nitrogen and oxygen atoms in total. The van der Waals surface area contributed by atoms with Crippen molar-refractivity contribution in [1.29, 1.82) is 0 Å². The predicted molar refractivity (Wildman–Crippen MR) is 85.4 cm³/mol. The van der Waals surface area contributed by atoms with E-state index in [4.69, 9.17) is 5.11 Å². The summed E-state index contributed by atoms with van der Waals surface area (Å²) in [4.78, 5) is 14.1. The Morgan fingerprint density at radius 2 is 2.14 bits per heavy atom. The van der Waals surface area contributed by atoms with Crippen molar-refractivity contribution in [3.8, 4) is 0 Å². The first kappa shape index (κ1) is 16.2. The average Bonchev–Trinajstić information content (AvgIpc) is 2.93. The van der Waals surface area contributed by atoms with E-state index in [1.165, 1.54) is 43.1 Å². The summed E-state index contributed by atoms with van der Waals surface area (Å²) in [6, 6.07) is 2.61. The monoisotopic (exact) mass is 309 g/mol. The van der Waals surface area contributed by atoms with Crippen LogP contribution in [0.15, 0.2) is 17.5 Å². The number of aliphatic hydroxyl groups is 1. The molecule has 1 heterocycles. The second-order valence-corrected chi connectivity index (χ2v) is 6.50. The van der Waals surface area contributed by atoms with Crippen molar-refractivity contribution in [3.05, 3.63) is 28.0 Å². The number of aliphatic carboxylic acids is 1. The van der Waals surface area contributed by atoms with Crippen LogP contribution in [0.5, 0.6) is 0 Å². The van der Waals surface area contributed by atoms with Crippen molar-refractivity contribution in [2.45, 2.75) is 44.7 Å². The zero-order chi connectivity index (χ0) is 15.1. The molecule has 0 unspecified atom stereocenters. The lowest BCUT2D eigenvalue weighted by molar-refractivity contribution is -0.131. The fourth-order valence-electron chi connectivity index (χ4n) is 2.90. The van der Waals surface area contributed by atoms with Gasteiger partial charge in [0, 0.05) is 30.1 Å². The molecule has 0 atom stereocenters. The summed E-state index contributed by atoms with van der Waals surface area (Å²) in [6.07, 6.45) is 9.12. The second-order valence-electron chi connectivity index (χ2n) is 5.50. The SMILES string of the molecule is O=C(O)C=Cc1csc(CN(CCO)C2CCCCC2)c1. The van der Waals surface area contributed by atoms with Crippen LogP contribution in [-0.2, 0) is 11.3 Å². The highest BCUT2D eigenvalue weighted by Gasteiger charge is 2.21. The summed E-state index contributed by atoms with van der Waals surface area (Å²) in [5.74, 6) is -0.924. The second kappa shape index (κ2) is 8.32. The number of hydrogen-bond acceptors (Lipinski definition) is 4. The Hall–Kier alpha value is -1.17. The highest BCUT2D eigenvalue weighted by atomic mass is 32.1. The van der Waals surface area contributed by atoms with Crippen LogP contribution in [0.4, 0.5) is 0 Å². The van der Waals surface area contributed by atoms with E-state index >= 15 is 0 Å². The van der Waals surface area contributed by atoms with Gasteiger partial charge in [-0.15, -0.1) is 11.3 Å². The number of carbonyl (C=O) groups is 1. The van der Waals surface area contributed by atoms with Gasteiger partial charge < -0.3 is 10.2 Å². The Kier molecular flexibility index (Phi) is 6.42. The molecule has 1 aromatic rings. The van der Waals surface area contributed by atoms with Gasteiger partial charge in [-0.1, -0.05) is 19.3 Å². The molecule has 0 aromatic carbocycles. The predicted octanol–water partition coefficient (Wildman–Crippen LogP) is 2.97. The third kappa shape index (κ3) is 5.26. The molecule has 5 heteroatoms. The van der Waals surface area contributed by atoms with Crippen LogP contribution in [0.25, 0.3) is 6.08 Å². The Balaban J connectivity index is 1.97. The van der Waals surface area contributed by atoms with Gasteiger partial charge >= 0.3 is 5.97 Å². The molecular formula is C16H23NO3S. The number of thiophene rings is 1. The lowest BCUT2D eigenvalue weighted by atomic mass is 9.94. The Morgan fingerprint density at radius 1 is 1.38 bits per heavy atom. The van der Waals surface area contributed by atoms with Gasteiger partial charge in [-0.05, 0) is 35.9 Å². The quantitative estimate of drug-likeness (QED) is 0.760. The van der Waals surface area contributed by atoms with E-state index in [2.05, 4.69) is 4.90 Å². The number of aliphatic hydroxyl groups excluding tert-OH is 1. The van der Waals surface area contributed by atoms with E-state index in [9.17, 15) is 9.90 Å². The van der Waals surface area contributed by atoms with E-state index in [0.29, 0.717) is 12.6 Å². The van der Waals surface area contributed by atoms with Crippen LogP contribution in [-0.4, -0.2) is 40.3 Å². The van der Waals surface area contributed by atoms with Crippen molar-refractivity contribution in [1.82, 2.24) is 4.90 Å². The molecule has 0 saturated heterocycles. The zero-order valence-electron chi connectivity index (χ0n) is 12.2. The lowest BCUT2D eigenvalue weighted by Crippen LogP contribution is -2.38. The molecule has 2 rings (SSSR count). The van der Waals surface area contributed by atoms with Crippen molar-refractivity contribution < 1.29 is 15.0 Å². The standard InChI is InChI=1S/C16H23NO3S/c18-9-8-17(14-4-2-1-3-5-14)11-15-10-13(12-21-15)6-7-16(19)20/h6-7,10,12,14,18H,1-5,8-9,11H2,(H,19,20). The summed E-state index contributed by atoms with van der Waals surface area (Å²) in [5, 5.41) is 19.9. The summed E-state index contributed by atoms with van der Waals surface area (Å²) >= 11 is 1.65. The van der Waals surface area contributed by atoms with Gasteiger partial charge in [0.1, 0.15) is 0 Å². The van der Waals surface area contributed by atoms with Gasteiger partial charge in [0.15, 0.2) is 0 Å². The van der Waals surface area contributed by atoms with Crippen LogP contribution < -0.4 is 0 Å². The summed E-state index contributed by atoms with van der Waals surface area (Å²) in [5.41, 5.74) is 0.935. The number of carboxylic acid groups (broad SMARTS) is 1. The van der Waals surface area contributed by atoms with Crippen LogP contribution in [0, 0.1) is 0 Å². The zero-order valence-corrected chi connectivity index (χ0v) is 13.0. The fourth-order valence-corrected chi connectivity index (χ4v) is 3.78. The molecule has 1 aliphatic rings. The van der Waals surface area contributed by atoms with Crippen LogP contribution in [0.2, 0.25) is 0 Å². The Bertz CT molecular complexity index is 478. The van der Waals surface area contributed by atoms with E-state index in [1.807, 2.05) is 11.4 Å². The maximum absolute atomic E-state index is 10.5.